The molecule has 1 N–H and O–H groups in total. The van der Waals surface area contributed by atoms with Gasteiger partial charge in [-0.05, 0) is 52.0 Å². The lowest BCUT2D eigenvalue weighted by molar-refractivity contribution is 0.00878. The minimum absolute atomic E-state index is 0.0308. The van der Waals surface area contributed by atoms with Crippen LogP contribution in [0.4, 0.5) is 4.79 Å². The number of rotatable bonds is 4. The molecule has 0 bridgehead atoms. The minimum atomic E-state index is -0.449. The average molecular weight is 328 g/mol. The number of likely N-dealkylation sites (tertiary alicyclic amines) is 1. The topological polar surface area (TPSA) is 53.0 Å². The van der Waals surface area contributed by atoms with Crippen LogP contribution < -0.4 is 0 Å². The summed E-state index contributed by atoms with van der Waals surface area (Å²) >= 11 is 0. The summed E-state index contributed by atoms with van der Waals surface area (Å²) in [6.07, 6.45) is 1.92. The van der Waals surface area contributed by atoms with E-state index in [1.54, 1.807) is 0 Å². The highest BCUT2D eigenvalue weighted by Gasteiger charge is 2.32. The number of carbonyl (C=O) groups is 1. The van der Waals surface area contributed by atoms with E-state index in [1.165, 1.54) is 0 Å². The Balaban J connectivity index is 2.60. The van der Waals surface area contributed by atoms with Crippen molar-refractivity contribution in [3.05, 3.63) is 0 Å². The van der Waals surface area contributed by atoms with Crippen LogP contribution in [0.1, 0.15) is 54.4 Å². The highest BCUT2D eigenvalue weighted by molar-refractivity contribution is 5.68. The first kappa shape index (κ1) is 20.2. The van der Waals surface area contributed by atoms with Crippen LogP contribution in [0.5, 0.6) is 0 Å². The highest BCUT2D eigenvalue weighted by atomic mass is 16.6. The van der Waals surface area contributed by atoms with E-state index in [0.29, 0.717) is 5.92 Å². The van der Waals surface area contributed by atoms with Gasteiger partial charge in [-0.15, -0.1) is 0 Å². The molecule has 0 aromatic carbocycles. The monoisotopic (exact) mass is 328 g/mol. The van der Waals surface area contributed by atoms with E-state index in [9.17, 15) is 9.90 Å². The lowest BCUT2D eigenvalue weighted by atomic mass is 9.85. The van der Waals surface area contributed by atoms with Gasteiger partial charge in [-0.2, -0.15) is 0 Å². The van der Waals surface area contributed by atoms with E-state index in [1.807, 2.05) is 25.7 Å². The molecule has 1 aliphatic rings. The van der Waals surface area contributed by atoms with Crippen molar-refractivity contribution in [2.75, 3.05) is 33.3 Å². The van der Waals surface area contributed by atoms with E-state index in [4.69, 9.17) is 4.74 Å². The van der Waals surface area contributed by atoms with Crippen LogP contribution >= 0.6 is 0 Å². The zero-order chi connectivity index (χ0) is 17.8. The summed E-state index contributed by atoms with van der Waals surface area (Å²) in [5.74, 6) is 0.428. The van der Waals surface area contributed by atoms with Crippen LogP contribution in [0.3, 0.4) is 0 Å². The zero-order valence-electron chi connectivity index (χ0n) is 16.1. The molecule has 0 saturated carbocycles. The number of piperidine rings is 1. The van der Waals surface area contributed by atoms with Gasteiger partial charge in [-0.3, -0.25) is 0 Å². The molecule has 1 heterocycles. The number of ether oxygens (including phenoxy) is 1. The van der Waals surface area contributed by atoms with Crippen molar-refractivity contribution in [3.8, 4) is 0 Å². The van der Waals surface area contributed by atoms with Crippen molar-refractivity contribution in [2.45, 2.75) is 66.0 Å². The molecule has 1 saturated heterocycles. The summed E-state index contributed by atoms with van der Waals surface area (Å²) in [7, 11) is 2.07. The van der Waals surface area contributed by atoms with Crippen molar-refractivity contribution in [3.63, 3.8) is 0 Å². The van der Waals surface area contributed by atoms with Crippen molar-refractivity contribution in [2.24, 2.45) is 11.3 Å². The number of amides is 1. The van der Waals surface area contributed by atoms with E-state index < -0.39 is 5.60 Å². The van der Waals surface area contributed by atoms with E-state index in [0.717, 1.165) is 32.5 Å². The Hall–Kier alpha value is -0.810. The average Bonchev–Trinajstić information content (AvgIpc) is 2.35. The third-order valence-electron chi connectivity index (χ3n) is 4.42. The normalized spacial score (nSPS) is 21.4. The van der Waals surface area contributed by atoms with Crippen LogP contribution in [0, 0.1) is 11.3 Å². The van der Waals surface area contributed by atoms with E-state index >= 15 is 0 Å². The van der Waals surface area contributed by atoms with Gasteiger partial charge in [0.05, 0.1) is 6.61 Å². The molecule has 23 heavy (non-hydrogen) atoms. The molecule has 0 spiro atoms. The quantitative estimate of drug-likeness (QED) is 0.862. The Morgan fingerprint density at radius 2 is 1.91 bits per heavy atom. The Bertz CT molecular complexity index is 385. The maximum atomic E-state index is 12.2. The molecule has 0 aliphatic carbocycles. The summed E-state index contributed by atoms with van der Waals surface area (Å²) < 4.78 is 5.49. The lowest BCUT2D eigenvalue weighted by Crippen LogP contribution is -2.49. The summed E-state index contributed by atoms with van der Waals surface area (Å²) in [6, 6.07) is 0.124. The SMILES string of the molecule is CN(CC1CCCN(C(=O)OC(C)(C)C)C1)C(CO)C(C)(C)C. The van der Waals surface area contributed by atoms with E-state index in [-0.39, 0.29) is 24.2 Å². The number of likely N-dealkylation sites (N-methyl/N-ethyl adjacent to an activating group) is 1. The maximum Gasteiger partial charge on any atom is 0.410 e. The van der Waals surface area contributed by atoms with Gasteiger partial charge in [0.15, 0.2) is 0 Å². The van der Waals surface area contributed by atoms with Gasteiger partial charge in [0, 0.05) is 25.7 Å². The first-order valence-electron chi connectivity index (χ1n) is 8.73. The van der Waals surface area contributed by atoms with Crippen molar-refractivity contribution in [1.29, 1.82) is 0 Å². The molecule has 1 rings (SSSR count). The zero-order valence-corrected chi connectivity index (χ0v) is 16.1. The second kappa shape index (κ2) is 7.84. The molecule has 5 nitrogen and oxygen atoms in total. The molecular formula is C18H36N2O3. The van der Waals surface area contributed by atoms with Gasteiger partial charge < -0.3 is 19.6 Å². The van der Waals surface area contributed by atoms with Crippen molar-refractivity contribution in [1.82, 2.24) is 9.80 Å². The van der Waals surface area contributed by atoms with Crippen LogP contribution in [-0.2, 0) is 4.74 Å². The smallest absolute Gasteiger partial charge is 0.410 e. The fourth-order valence-electron chi connectivity index (χ4n) is 3.32. The molecule has 1 fully saturated rings. The fraction of sp³-hybridized carbons (Fsp3) is 0.944. The number of nitrogens with zero attached hydrogens (tertiary/aromatic N) is 2. The summed E-state index contributed by atoms with van der Waals surface area (Å²) in [5, 5.41) is 9.70. The summed E-state index contributed by atoms with van der Waals surface area (Å²) in [5.41, 5.74) is -0.419. The predicted molar refractivity (Wildman–Crippen MR) is 93.5 cm³/mol. The Morgan fingerprint density at radius 3 is 2.39 bits per heavy atom. The maximum absolute atomic E-state index is 12.2. The van der Waals surface area contributed by atoms with Crippen molar-refractivity contribution < 1.29 is 14.6 Å². The molecule has 1 aliphatic heterocycles. The third-order valence-corrected chi connectivity index (χ3v) is 4.42. The van der Waals surface area contributed by atoms with Gasteiger partial charge >= 0.3 is 6.09 Å². The van der Waals surface area contributed by atoms with Gasteiger partial charge in [-0.1, -0.05) is 20.8 Å². The Labute approximate surface area is 142 Å². The van der Waals surface area contributed by atoms with Gasteiger partial charge in [-0.25, -0.2) is 4.79 Å². The predicted octanol–water partition coefficient (Wildman–Crippen LogP) is 2.97. The van der Waals surface area contributed by atoms with Crippen molar-refractivity contribution >= 4 is 6.09 Å². The standard InChI is InChI=1S/C18H36N2O3/c1-17(2,3)15(13-21)19(7)11-14-9-8-10-20(12-14)16(22)23-18(4,5)6/h14-15,21H,8-13H2,1-7H3. The van der Waals surface area contributed by atoms with Crippen LogP contribution in [0.15, 0.2) is 0 Å². The highest BCUT2D eigenvalue weighted by Crippen LogP contribution is 2.26. The minimum Gasteiger partial charge on any atom is -0.444 e. The fourth-order valence-corrected chi connectivity index (χ4v) is 3.32. The molecule has 0 aromatic heterocycles. The van der Waals surface area contributed by atoms with Gasteiger partial charge in [0.1, 0.15) is 5.60 Å². The molecule has 136 valence electrons. The molecular weight excluding hydrogens is 292 g/mol. The first-order valence-corrected chi connectivity index (χ1v) is 8.73. The van der Waals surface area contributed by atoms with Crippen LogP contribution in [0.25, 0.3) is 0 Å². The summed E-state index contributed by atoms with van der Waals surface area (Å²) in [4.78, 5) is 16.3. The first-order chi connectivity index (χ1) is 10.4. The largest absolute Gasteiger partial charge is 0.444 e. The molecule has 1 amide bonds. The molecule has 5 heteroatoms. The Morgan fingerprint density at radius 1 is 1.30 bits per heavy atom. The summed E-state index contributed by atoms with van der Waals surface area (Å²) in [6.45, 7) is 14.7. The molecule has 2 unspecified atom stereocenters. The molecule has 0 radical (unpaired) electrons. The number of aliphatic hydroxyl groups excluding tert-OH is 1. The van der Waals surface area contributed by atoms with E-state index in [2.05, 4.69) is 32.7 Å². The van der Waals surface area contributed by atoms with Crippen LogP contribution in [0.2, 0.25) is 0 Å². The number of carbonyl (C=O) groups excluding carboxylic acids is 1. The molecule has 2 atom stereocenters. The Kier molecular flexibility index (Phi) is 6.90. The van der Waals surface area contributed by atoms with Crippen LogP contribution in [-0.4, -0.2) is 65.9 Å². The van der Waals surface area contributed by atoms with Gasteiger partial charge in [0.2, 0.25) is 0 Å². The number of hydrogen-bond donors (Lipinski definition) is 1. The lowest BCUT2D eigenvalue weighted by Gasteiger charge is -2.41. The number of hydrogen-bond acceptors (Lipinski definition) is 4. The number of aliphatic hydroxyl groups is 1. The molecule has 0 aromatic rings. The second-order valence-corrected chi connectivity index (χ2v) is 8.94. The second-order valence-electron chi connectivity index (χ2n) is 8.94. The third kappa shape index (κ3) is 6.68. The van der Waals surface area contributed by atoms with Gasteiger partial charge in [0.25, 0.3) is 0 Å².